The Kier molecular flexibility index (Phi) is 5.96. The van der Waals surface area contributed by atoms with Gasteiger partial charge in [0.25, 0.3) is 0 Å². The summed E-state index contributed by atoms with van der Waals surface area (Å²) in [5.74, 6) is 0. The van der Waals surface area contributed by atoms with Crippen LogP contribution in [-0.2, 0) is 0 Å². The van der Waals surface area contributed by atoms with E-state index in [9.17, 15) is 0 Å². The summed E-state index contributed by atoms with van der Waals surface area (Å²) in [4.78, 5) is 5.01. The molecule has 0 amide bonds. The Hall–Kier alpha value is -0.590. The molecule has 0 saturated carbocycles. The van der Waals surface area contributed by atoms with Gasteiger partial charge in [-0.25, -0.2) is 0 Å². The predicted octanol–water partition coefficient (Wildman–Crippen LogP) is 2.63. The molecule has 2 heterocycles. The van der Waals surface area contributed by atoms with Crippen molar-refractivity contribution in [2.24, 2.45) is 0 Å². The van der Waals surface area contributed by atoms with Crippen molar-refractivity contribution in [3.05, 3.63) is 0 Å². The van der Waals surface area contributed by atoms with E-state index < -0.39 is 0 Å². The molecule has 0 aromatic rings. The molecule has 1 unspecified atom stereocenters. The smallest absolute Gasteiger partial charge is 0.0868 e. The first-order valence-corrected chi connectivity index (χ1v) is 7.73. The Morgan fingerprint density at radius 2 is 1.78 bits per heavy atom. The average molecular weight is 249 g/mol. The van der Waals surface area contributed by atoms with Crippen LogP contribution in [0.4, 0.5) is 0 Å². The van der Waals surface area contributed by atoms with E-state index in [1.165, 1.54) is 71.0 Å². The van der Waals surface area contributed by atoms with Crippen LogP contribution in [0.3, 0.4) is 0 Å². The maximum Gasteiger partial charge on any atom is 0.0868 e. The van der Waals surface area contributed by atoms with Gasteiger partial charge < -0.3 is 4.90 Å². The largest absolute Gasteiger partial charge is 0.303 e. The second-order valence-corrected chi connectivity index (χ2v) is 5.82. The van der Waals surface area contributed by atoms with Gasteiger partial charge in [0.05, 0.1) is 12.6 Å². The van der Waals surface area contributed by atoms with Gasteiger partial charge in [-0.2, -0.15) is 5.26 Å². The van der Waals surface area contributed by atoms with Gasteiger partial charge in [-0.3, -0.25) is 4.90 Å². The summed E-state index contributed by atoms with van der Waals surface area (Å²) in [7, 11) is 0. The minimum absolute atomic E-state index is 0.636. The van der Waals surface area contributed by atoms with Crippen LogP contribution >= 0.6 is 0 Å². The van der Waals surface area contributed by atoms with Crippen LogP contribution < -0.4 is 0 Å². The highest BCUT2D eigenvalue weighted by molar-refractivity contribution is 4.84. The van der Waals surface area contributed by atoms with Crippen molar-refractivity contribution >= 4 is 0 Å². The zero-order chi connectivity index (χ0) is 12.6. The van der Waals surface area contributed by atoms with E-state index in [1.807, 2.05) is 0 Å². The maximum absolute atomic E-state index is 8.85. The second-order valence-electron chi connectivity index (χ2n) is 5.82. The number of hydrogen-bond acceptors (Lipinski definition) is 3. The molecule has 2 saturated heterocycles. The third-order valence-electron chi connectivity index (χ3n) is 4.48. The standard InChI is InChI=1S/C15H27N3/c16-9-14-18-13-4-2-8-15(18)7-1-3-10-17-11-5-6-12-17/h15H,1-8,10-14H2. The molecule has 102 valence electrons. The molecule has 2 aliphatic heterocycles. The van der Waals surface area contributed by atoms with Crippen molar-refractivity contribution in [2.75, 3.05) is 32.7 Å². The molecule has 3 nitrogen and oxygen atoms in total. The number of nitrogens with zero attached hydrogens (tertiary/aromatic N) is 3. The maximum atomic E-state index is 8.85. The molecule has 0 radical (unpaired) electrons. The molecule has 2 fully saturated rings. The fourth-order valence-electron chi connectivity index (χ4n) is 3.41. The number of hydrogen-bond donors (Lipinski definition) is 0. The highest BCUT2D eigenvalue weighted by Gasteiger charge is 2.21. The summed E-state index contributed by atoms with van der Waals surface area (Å²) in [6.45, 7) is 5.72. The molecule has 0 aromatic heterocycles. The van der Waals surface area contributed by atoms with Crippen LogP contribution in [-0.4, -0.2) is 48.6 Å². The Balaban J connectivity index is 1.60. The first-order valence-electron chi connectivity index (χ1n) is 7.73. The molecular formula is C15H27N3. The lowest BCUT2D eigenvalue weighted by atomic mass is 9.97. The van der Waals surface area contributed by atoms with E-state index >= 15 is 0 Å². The van der Waals surface area contributed by atoms with Crippen molar-refractivity contribution in [2.45, 2.75) is 57.4 Å². The van der Waals surface area contributed by atoms with Gasteiger partial charge in [0.2, 0.25) is 0 Å². The Bertz CT molecular complexity index is 265. The van der Waals surface area contributed by atoms with Gasteiger partial charge in [0.15, 0.2) is 0 Å². The summed E-state index contributed by atoms with van der Waals surface area (Å²) in [5, 5.41) is 8.85. The summed E-state index contributed by atoms with van der Waals surface area (Å²) in [6.07, 6.45) is 10.7. The van der Waals surface area contributed by atoms with E-state index in [4.69, 9.17) is 5.26 Å². The van der Waals surface area contributed by atoms with E-state index in [0.717, 1.165) is 6.54 Å². The highest BCUT2D eigenvalue weighted by atomic mass is 15.2. The molecular weight excluding hydrogens is 222 g/mol. The number of rotatable bonds is 6. The fourth-order valence-corrected chi connectivity index (χ4v) is 3.41. The van der Waals surface area contributed by atoms with Crippen LogP contribution in [0.5, 0.6) is 0 Å². The Labute approximate surface area is 112 Å². The van der Waals surface area contributed by atoms with Gasteiger partial charge >= 0.3 is 0 Å². The minimum Gasteiger partial charge on any atom is -0.303 e. The number of likely N-dealkylation sites (tertiary alicyclic amines) is 2. The van der Waals surface area contributed by atoms with Crippen molar-refractivity contribution in [1.29, 1.82) is 5.26 Å². The molecule has 1 atom stereocenters. The van der Waals surface area contributed by atoms with Crippen LogP contribution in [0.25, 0.3) is 0 Å². The van der Waals surface area contributed by atoms with Gasteiger partial charge in [0.1, 0.15) is 0 Å². The minimum atomic E-state index is 0.636. The van der Waals surface area contributed by atoms with E-state index in [1.54, 1.807) is 0 Å². The fraction of sp³-hybridized carbons (Fsp3) is 0.933. The molecule has 0 aliphatic carbocycles. The Morgan fingerprint density at radius 3 is 2.56 bits per heavy atom. The first-order chi connectivity index (χ1) is 8.90. The van der Waals surface area contributed by atoms with Crippen molar-refractivity contribution in [1.82, 2.24) is 9.80 Å². The van der Waals surface area contributed by atoms with Crippen LogP contribution in [0.1, 0.15) is 51.4 Å². The third kappa shape index (κ3) is 4.26. The number of nitriles is 1. The predicted molar refractivity (Wildman–Crippen MR) is 74.4 cm³/mol. The molecule has 0 spiro atoms. The van der Waals surface area contributed by atoms with Crippen molar-refractivity contribution < 1.29 is 0 Å². The molecule has 2 rings (SSSR count). The summed E-state index contributed by atoms with van der Waals surface area (Å²) >= 11 is 0. The lowest BCUT2D eigenvalue weighted by Gasteiger charge is -2.34. The lowest BCUT2D eigenvalue weighted by molar-refractivity contribution is 0.154. The van der Waals surface area contributed by atoms with E-state index in [2.05, 4.69) is 15.9 Å². The first kappa shape index (κ1) is 13.8. The molecule has 0 bridgehead atoms. The summed E-state index contributed by atoms with van der Waals surface area (Å²) in [5.41, 5.74) is 0. The highest BCUT2D eigenvalue weighted by Crippen LogP contribution is 2.21. The second kappa shape index (κ2) is 7.76. The lowest BCUT2D eigenvalue weighted by Crippen LogP contribution is -2.39. The van der Waals surface area contributed by atoms with E-state index in [-0.39, 0.29) is 0 Å². The normalized spacial score (nSPS) is 26.3. The molecule has 2 aliphatic rings. The summed E-state index contributed by atoms with van der Waals surface area (Å²) < 4.78 is 0. The topological polar surface area (TPSA) is 30.3 Å². The van der Waals surface area contributed by atoms with Gasteiger partial charge in [-0.15, -0.1) is 0 Å². The molecule has 3 heteroatoms. The van der Waals surface area contributed by atoms with Crippen molar-refractivity contribution in [3.8, 4) is 6.07 Å². The van der Waals surface area contributed by atoms with Crippen LogP contribution in [0.15, 0.2) is 0 Å². The SMILES string of the molecule is N#CCN1CCCCC1CCCCN1CCCC1. The number of piperidine rings is 1. The molecule has 0 N–H and O–H groups in total. The summed E-state index contributed by atoms with van der Waals surface area (Å²) in [6, 6.07) is 3.01. The van der Waals surface area contributed by atoms with Crippen LogP contribution in [0, 0.1) is 11.3 Å². The third-order valence-corrected chi connectivity index (χ3v) is 4.48. The van der Waals surface area contributed by atoms with Crippen molar-refractivity contribution in [3.63, 3.8) is 0 Å². The molecule has 18 heavy (non-hydrogen) atoms. The van der Waals surface area contributed by atoms with E-state index in [0.29, 0.717) is 12.6 Å². The van der Waals surface area contributed by atoms with Gasteiger partial charge in [-0.1, -0.05) is 12.8 Å². The van der Waals surface area contributed by atoms with Gasteiger partial charge in [0, 0.05) is 6.04 Å². The zero-order valence-electron chi connectivity index (χ0n) is 11.6. The van der Waals surface area contributed by atoms with Crippen LogP contribution in [0.2, 0.25) is 0 Å². The number of unbranched alkanes of at least 4 members (excludes halogenated alkanes) is 1. The zero-order valence-corrected chi connectivity index (χ0v) is 11.6. The Morgan fingerprint density at radius 1 is 1.00 bits per heavy atom. The quantitative estimate of drug-likeness (QED) is 0.535. The van der Waals surface area contributed by atoms with Gasteiger partial charge in [-0.05, 0) is 64.7 Å². The molecule has 0 aromatic carbocycles. The monoisotopic (exact) mass is 249 g/mol. The average Bonchev–Trinajstić information content (AvgIpc) is 2.90.